The molecule has 0 aromatic carbocycles. The Morgan fingerprint density at radius 3 is 2.46 bits per heavy atom. The highest BCUT2D eigenvalue weighted by Crippen LogP contribution is 2.15. The summed E-state index contributed by atoms with van der Waals surface area (Å²) in [7, 11) is 0. The van der Waals surface area contributed by atoms with Gasteiger partial charge < -0.3 is 15.5 Å². The maximum absolute atomic E-state index is 6.14. The number of aliphatic imine (C=N–C) groups is 1. The topological polar surface area (TPSA) is 73.9 Å². The van der Waals surface area contributed by atoms with Crippen molar-refractivity contribution in [3.63, 3.8) is 0 Å². The molecular formula is C17H29N7. The van der Waals surface area contributed by atoms with Gasteiger partial charge in [0.2, 0.25) is 5.95 Å². The molecule has 0 atom stereocenters. The van der Waals surface area contributed by atoms with Crippen molar-refractivity contribution in [2.75, 3.05) is 57.3 Å². The third-order valence-corrected chi connectivity index (χ3v) is 5.00. The molecule has 7 nitrogen and oxygen atoms in total. The number of nitrogens with zero attached hydrogens (tertiary/aromatic N) is 6. The summed E-state index contributed by atoms with van der Waals surface area (Å²) >= 11 is 0. The molecule has 132 valence electrons. The Hall–Kier alpha value is -1.89. The van der Waals surface area contributed by atoms with Crippen LogP contribution in [0.4, 0.5) is 5.95 Å². The molecule has 0 aliphatic carbocycles. The second-order valence-corrected chi connectivity index (χ2v) is 6.79. The number of nitrogens with two attached hydrogens (primary N) is 1. The second-order valence-electron chi connectivity index (χ2n) is 6.79. The standard InChI is InChI=1S/C17H29N7/c1-15-3-8-23(9-4-15)16(18)19-7-10-22-11-13-24(14-12-22)17-20-5-2-6-21-17/h2,5-6,15H,3-4,7-14H2,1H3,(H2,18,19). The van der Waals surface area contributed by atoms with Gasteiger partial charge in [-0.2, -0.15) is 0 Å². The maximum Gasteiger partial charge on any atom is 0.225 e. The third kappa shape index (κ3) is 4.56. The number of hydrogen-bond donors (Lipinski definition) is 1. The summed E-state index contributed by atoms with van der Waals surface area (Å²) in [5, 5.41) is 0. The van der Waals surface area contributed by atoms with Crippen LogP contribution in [0, 0.1) is 5.92 Å². The van der Waals surface area contributed by atoms with Gasteiger partial charge in [0.25, 0.3) is 0 Å². The average molecular weight is 331 g/mol. The molecule has 2 fully saturated rings. The van der Waals surface area contributed by atoms with Gasteiger partial charge in [-0.3, -0.25) is 9.89 Å². The van der Waals surface area contributed by atoms with E-state index in [9.17, 15) is 0 Å². The fourth-order valence-corrected chi connectivity index (χ4v) is 3.27. The van der Waals surface area contributed by atoms with Gasteiger partial charge in [0.15, 0.2) is 5.96 Å². The zero-order valence-electron chi connectivity index (χ0n) is 14.6. The number of guanidine groups is 1. The first-order valence-corrected chi connectivity index (χ1v) is 9.01. The van der Waals surface area contributed by atoms with E-state index in [0.29, 0.717) is 0 Å². The van der Waals surface area contributed by atoms with Crippen molar-refractivity contribution < 1.29 is 0 Å². The second kappa shape index (κ2) is 8.28. The molecule has 24 heavy (non-hydrogen) atoms. The Balaban J connectivity index is 1.38. The predicted octanol–water partition coefficient (Wildman–Crippen LogP) is 0.645. The van der Waals surface area contributed by atoms with Gasteiger partial charge in [-0.25, -0.2) is 9.97 Å². The SMILES string of the molecule is CC1CCN(C(N)=NCCN2CCN(c3ncccn3)CC2)CC1. The highest BCUT2D eigenvalue weighted by molar-refractivity contribution is 5.78. The van der Waals surface area contributed by atoms with Crippen LogP contribution in [-0.4, -0.2) is 78.1 Å². The average Bonchev–Trinajstić information content (AvgIpc) is 2.63. The number of rotatable bonds is 4. The molecule has 1 aromatic heterocycles. The van der Waals surface area contributed by atoms with Crippen LogP contribution in [0.3, 0.4) is 0 Å². The van der Waals surface area contributed by atoms with Crippen molar-refractivity contribution >= 4 is 11.9 Å². The summed E-state index contributed by atoms with van der Waals surface area (Å²) in [5.41, 5.74) is 6.14. The van der Waals surface area contributed by atoms with E-state index in [4.69, 9.17) is 5.73 Å². The lowest BCUT2D eigenvalue weighted by Gasteiger charge is -2.34. The molecule has 3 rings (SSSR count). The Morgan fingerprint density at radius 1 is 1.12 bits per heavy atom. The third-order valence-electron chi connectivity index (χ3n) is 5.00. The lowest BCUT2D eigenvalue weighted by atomic mass is 10.00. The largest absolute Gasteiger partial charge is 0.370 e. The van der Waals surface area contributed by atoms with E-state index < -0.39 is 0 Å². The van der Waals surface area contributed by atoms with E-state index in [0.717, 1.165) is 70.2 Å². The van der Waals surface area contributed by atoms with Crippen LogP contribution in [0.15, 0.2) is 23.5 Å². The number of anilines is 1. The van der Waals surface area contributed by atoms with Crippen LogP contribution >= 0.6 is 0 Å². The molecule has 2 N–H and O–H groups in total. The molecule has 2 aliphatic rings. The summed E-state index contributed by atoms with van der Waals surface area (Å²) in [5.74, 6) is 2.37. The van der Waals surface area contributed by atoms with Crippen molar-refractivity contribution in [1.82, 2.24) is 19.8 Å². The van der Waals surface area contributed by atoms with Gasteiger partial charge in [-0.15, -0.1) is 0 Å². The van der Waals surface area contributed by atoms with Gasteiger partial charge in [0.05, 0.1) is 6.54 Å². The molecule has 2 saturated heterocycles. The number of piperazine rings is 1. The highest BCUT2D eigenvalue weighted by atomic mass is 15.3. The zero-order chi connectivity index (χ0) is 16.8. The molecule has 7 heteroatoms. The lowest BCUT2D eigenvalue weighted by molar-refractivity contribution is 0.260. The van der Waals surface area contributed by atoms with Crippen LogP contribution in [0.5, 0.6) is 0 Å². The minimum Gasteiger partial charge on any atom is -0.370 e. The van der Waals surface area contributed by atoms with Crippen LogP contribution in [0.1, 0.15) is 19.8 Å². The Labute approximate surface area is 144 Å². The van der Waals surface area contributed by atoms with E-state index in [1.165, 1.54) is 12.8 Å². The van der Waals surface area contributed by atoms with Gasteiger partial charge in [0.1, 0.15) is 0 Å². The molecule has 1 aromatic rings. The predicted molar refractivity (Wildman–Crippen MR) is 97.1 cm³/mol. The molecule has 0 saturated carbocycles. The normalized spacial score (nSPS) is 21.3. The minimum absolute atomic E-state index is 0.721. The first-order chi connectivity index (χ1) is 11.7. The smallest absolute Gasteiger partial charge is 0.225 e. The zero-order valence-corrected chi connectivity index (χ0v) is 14.6. The van der Waals surface area contributed by atoms with E-state index >= 15 is 0 Å². The molecule has 0 spiro atoms. The van der Waals surface area contributed by atoms with Crippen LogP contribution in [0.2, 0.25) is 0 Å². The Kier molecular flexibility index (Phi) is 5.85. The molecule has 0 unspecified atom stereocenters. The van der Waals surface area contributed by atoms with Crippen molar-refractivity contribution in [2.45, 2.75) is 19.8 Å². The number of aromatic nitrogens is 2. The lowest BCUT2D eigenvalue weighted by Crippen LogP contribution is -2.48. The molecule has 3 heterocycles. The molecule has 0 radical (unpaired) electrons. The number of piperidine rings is 1. The monoisotopic (exact) mass is 331 g/mol. The molecular weight excluding hydrogens is 302 g/mol. The Bertz CT molecular complexity index is 517. The van der Waals surface area contributed by atoms with Crippen molar-refractivity contribution in [1.29, 1.82) is 0 Å². The van der Waals surface area contributed by atoms with Crippen molar-refractivity contribution in [3.8, 4) is 0 Å². The summed E-state index contributed by atoms with van der Waals surface area (Å²) in [6.45, 7) is 10.1. The minimum atomic E-state index is 0.721. The van der Waals surface area contributed by atoms with E-state index in [-0.39, 0.29) is 0 Å². The summed E-state index contributed by atoms with van der Waals surface area (Å²) in [6.07, 6.45) is 6.04. The fourth-order valence-electron chi connectivity index (χ4n) is 3.27. The first kappa shape index (κ1) is 17.0. The van der Waals surface area contributed by atoms with E-state index in [1.807, 2.05) is 6.07 Å². The molecule has 0 bridgehead atoms. The van der Waals surface area contributed by atoms with Gasteiger partial charge in [0, 0.05) is 58.2 Å². The van der Waals surface area contributed by atoms with E-state index in [1.54, 1.807) is 12.4 Å². The Morgan fingerprint density at radius 2 is 1.79 bits per heavy atom. The maximum atomic E-state index is 6.14. The quantitative estimate of drug-likeness (QED) is 0.645. The van der Waals surface area contributed by atoms with Crippen LogP contribution in [0.25, 0.3) is 0 Å². The van der Waals surface area contributed by atoms with Crippen LogP contribution < -0.4 is 10.6 Å². The highest BCUT2D eigenvalue weighted by Gasteiger charge is 2.19. The fraction of sp³-hybridized carbons (Fsp3) is 0.706. The molecule has 0 amide bonds. The number of likely N-dealkylation sites (tertiary alicyclic amines) is 1. The van der Waals surface area contributed by atoms with Gasteiger partial charge in [-0.1, -0.05) is 6.92 Å². The summed E-state index contributed by atoms with van der Waals surface area (Å²) < 4.78 is 0. The summed E-state index contributed by atoms with van der Waals surface area (Å²) in [6, 6.07) is 1.85. The molecule has 2 aliphatic heterocycles. The van der Waals surface area contributed by atoms with Crippen molar-refractivity contribution in [3.05, 3.63) is 18.5 Å². The van der Waals surface area contributed by atoms with Gasteiger partial charge in [-0.05, 0) is 24.8 Å². The van der Waals surface area contributed by atoms with E-state index in [2.05, 4.69) is 36.6 Å². The van der Waals surface area contributed by atoms with Gasteiger partial charge >= 0.3 is 0 Å². The summed E-state index contributed by atoms with van der Waals surface area (Å²) in [4.78, 5) is 20.1. The van der Waals surface area contributed by atoms with Crippen LogP contribution in [-0.2, 0) is 0 Å². The van der Waals surface area contributed by atoms with Crippen molar-refractivity contribution in [2.24, 2.45) is 16.6 Å². The number of hydrogen-bond acceptors (Lipinski definition) is 5. The first-order valence-electron chi connectivity index (χ1n) is 9.01.